The average Bonchev–Trinajstić information content (AvgIpc) is 3.44. The van der Waals surface area contributed by atoms with Crippen LogP contribution in [0.1, 0.15) is 5.89 Å². The van der Waals surface area contributed by atoms with Gasteiger partial charge in [-0.25, -0.2) is 13.7 Å². The SMILES string of the molecule is O=C1[C@H]2N=NN(Cc3nc(-c4ccc(Br)cc4)no3)[C@H]2C(=O)N1c1ccc(F)c(F)c1. The first-order chi connectivity index (χ1) is 14.9. The van der Waals surface area contributed by atoms with E-state index in [4.69, 9.17) is 4.52 Å². The van der Waals surface area contributed by atoms with Crippen LogP contribution in [-0.2, 0) is 16.1 Å². The van der Waals surface area contributed by atoms with E-state index in [0.717, 1.165) is 33.1 Å². The van der Waals surface area contributed by atoms with Gasteiger partial charge in [0.1, 0.15) is 6.54 Å². The molecule has 9 nitrogen and oxygen atoms in total. The molecule has 2 aliphatic heterocycles. The molecule has 2 amide bonds. The molecular formula is C19H11BrF2N6O3. The highest BCUT2D eigenvalue weighted by atomic mass is 79.9. The molecule has 12 heteroatoms. The molecule has 2 aliphatic rings. The van der Waals surface area contributed by atoms with Crippen molar-refractivity contribution >= 4 is 33.4 Å². The lowest BCUT2D eigenvalue weighted by atomic mass is 10.1. The van der Waals surface area contributed by atoms with Gasteiger partial charge in [-0.05, 0) is 36.4 Å². The number of fused-ring (bicyclic) bond motifs is 1. The Morgan fingerprint density at radius 2 is 1.81 bits per heavy atom. The van der Waals surface area contributed by atoms with E-state index in [1.807, 2.05) is 24.3 Å². The van der Waals surface area contributed by atoms with Crippen molar-refractivity contribution in [2.24, 2.45) is 10.3 Å². The highest BCUT2D eigenvalue weighted by molar-refractivity contribution is 9.10. The van der Waals surface area contributed by atoms with Crippen molar-refractivity contribution < 1.29 is 22.9 Å². The van der Waals surface area contributed by atoms with E-state index in [-0.39, 0.29) is 18.1 Å². The molecule has 0 N–H and O–H groups in total. The summed E-state index contributed by atoms with van der Waals surface area (Å²) in [5.74, 6) is -3.05. The van der Waals surface area contributed by atoms with Crippen molar-refractivity contribution in [2.75, 3.05) is 4.90 Å². The second-order valence-electron chi connectivity index (χ2n) is 6.82. The number of anilines is 1. The van der Waals surface area contributed by atoms with Crippen molar-refractivity contribution in [2.45, 2.75) is 18.6 Å². The summed E-state index contributed by atoms with van der Waals surface area (Å²) in [7, 11) is 0. The second kappa shape index (κ2) is 7.30. The van der Waals surface area contributed by atoms with E-state index in [0.29, 0.717) is 5.82 Å². The molecule has 1 fully saturated rings. The number of hydrogen-bond donors (Lipinski definition) is 0. The Morgan fingerprint density at radius 1 is 1.03 bits per heavy atom. The predicted molar refractivity (Wildman–Crippen MR) is 104 cm³/mol. The number of halogens is 3. The Balaban J connectivity index is 1.36. The van der Waals surface area contributed by atoms with E-state index in [9.17, 15) is 18.4 Å². The lowest BCUT2D eigenvalue weighted by Crippen LogP contribution is -2.39. The lowest BCUT2D eigenvalue weighted by molar-refractivity contribution is -0.123. The topological polar surface area (TPSA) is 104 Å². The van der Waals surface area contributed by atoms with Crippen LogP contribution in [0.5, 0.6) is 0 Å². The van der Waals surface area contributed by atoms with Gasteiger partial charge < -0.3 is 4.52 Å². The van der Waals surface area contributed by atoms with Crippen LogP contribution in [0.15, 0.2) is 61.8 Å². The average molecular weight is 489 g/mol. The molecular weight excluding hydrogens is 478 g/mol. The Kier molecular flexibility index (Phi) is 4.58. The zero-order valence-corrected chi connectivity index (χ0v) is 17.0. The predicted octanol–water partition coefficient (Wildman–Crippen LogP) is 3.27. The Labute approximate surface area is 181 Å². The first kappa shape index (κ1) is 19.4. The number of rotatable bonds is 4. The summed E-state index contributed by atoms with van der Waals surface area (Å²) in [6, 6.07) is 7.95. The zero-order valence-electron chi connectivity index (χ0n) is 15.4. The molecule has 0 radical (unpaired) electrons. The minimum Gasteiger partial charge on any atom is -0.337 e. The smallest absolute Gasteiger partial charge is 0.263 e. The molecule has 0 spiro atoms. The third-order valence-electron chi connectivity index (χ3n) is 4.89. The second-order valence-corrected chi connectivity index (χ2v) is 7.74. The molecule has 3 aromatic rings. The first-order valence-corrected chi connectivity index (χ1v) is 9.80. The van der Waals surface area contributed by atoms with Gasteiger partial charge >= 0.3 is 0 Å². The standard InChI is InChI=1S/C19H11BrF2N6O3/c20-10-3-1-9(2-4-10)17-23-14(31-25-17)8-27-16-15(24-26-27)18(29)28(19(16)30)11-5-6-12(21)13(22)7-11/h1-7,15-16H,8H2/t15-,16+/m0/s1. The van der Waals surface area contributed by atoms with Crippen molar-refractivity contribution in [1.29, 1.82) is 0 Å². The number of carbonyl (C=O) groups is 2. The molecule has 5 rings (SSSR count). The van der Waals surface area contributed by atoms with Gasteiger partial charge in [-0.2, -0.15) is 10.1 Å². The fraction of sp³-hybridized carbons (Fsp3) is 0.158. The molecule has 0 unspecified atom stereocenters. The van der Waals surface area contributed by atoms with E-state index >= 15 is 0 Å². The first-order valence-electron chi connectivity index (χ1n) is 9.01. The number of nitrogens with zero attached hydrogens (tertiary/aromatic N) is 6. The van der Waals surface area contributed by atoms with Crippen LogP contribution in [0.3, 0.4) is 0 Å². The van der Waals surface area contributed by atoms with E-state index in [1.165, 1.54) is 5.01 Å². The molecule has 0 saturated carbocycles. The largest absolute Gasteiger partial charge is 0.337 e. The fourth-order valence-corrected chi connectivity index (χ4v) is 3.67. The maximum atomic E-state index is 13.6. The molecule has 31 heavy (non-hydrogen) atoms. The molecule has 2 aromatic carbocycles. The van der Waals surface area contributed by atoms with Gasteiger partial charge in [0, 0.05) is 16.1 Å². The molecule has 2 atom stereocenters. The number of carbonyl (C=O) groups excluding carboxylic acids is 2. The van der Waals surface area contributed by atoms with Gasteiger partial charge in [0.05, 0.1) is 5.69 Å². The summed E-state index contributed by atoms with van der Waals surface area (Å²) in [6.07, 6.45) is 0. The van der Waals surface area contributed by atoms with Crippen molar-refractivity contribution in [1.82, 2.24) is 15.1 Å². The molecule has 0 bridgehead atoms. The van der Waals surface area contributed by atoms with Gasteiger partial charge in [0.25, 0.3) is 11.8 Å². The minimum absolute atomic E-state index is 0.0567. The third kappa shape index (κ3) is 3.28. The molecule has 0 aliphatic carbocycles. The fourth-order valence-electron chi connectivity index (χ4n) is 3.41. The van der Waals surface area contributed by atoms with E-state index in [2.05, 4.69) is 36.4 Å². The summed E-state index contributed by atoms with van der Waals surface area (Å²) in [6.45, 7) is -0.0567. The summed E-state index contributed by atoms with van der Waals surface area (Å²) in [5.41, 5.74) is 0.657. The van der Waals surface area contributed by atoms with Gasteiger partial charge in [-0.15, -0.1) is 0 Å². The van der Waals surface area contributed by atoms with Gasteiger partial charge in [-0.1, -0.05) is 26.3 Å². The van der Waals surface area contributed by atoms with Gasteiger partial charge in [0.2, 0.25) is 11.7 Å². The van der Waals surface area contributed by atoms with Crippen molar-refractivity contribution in [3.63, 3.8) is 0 Å². The number of imide groups is 1. The molecule has 1 saturated heterocycles. The number of benzene rings is 2. The highest BCUT2D eigenvalue weighted by Gasteiger charge is 2.55. The number of amides is 2. The molecule has 1 aromatic heterocycles. The lowest BCUT2D eigenvalue weighted by Gasteiger charge is -2.19. The third-order valence-corrected chi connectivity index (χ3v) is 5.42. The monoisotopic (exact) mass is 488 g/mol. The maximum absolute atomic E-state index is 13.6. The Hall–Kier alpha value is -3.54. The number of aromatic nitrogens is 2. The normalized spacial score (nSPS) is 20.1. The van der Waals surface area contributed by atoms with Crippen LogP contribution in [0, 0.1) is 11.6 Å². The highest BCUT2D eigenvalue weighted by Crippen LogP contribution is 2.33. The summed E-state index contributed by atoms with van der Waals surface area (Å²) in [4.78, 5) is 30.6. The van der Waals surface area contributed by atoms with Crippen LogP contribution < -0.4 is 4.90 Å². The summed E-state index contributed by atoms with van der Waals surface area (Å²) >= 11 is 3.35. The van der Waals surface area contributed by atoms with E-state index in [1.54, 1.807) is 0 Å². The molecule has 156 valence electrons. The Morgan fingerprint density at radius 3 is 2.55 bits per heavy atom. The maximum Gasteiger partial charge on any atom is 0.263 e. The quantitative estimate of drug-likeness (QED) is 0.522. The summed E-state index contributed by atoms with van der Waals surface area (Å²) in [5, 5.41) is 13.0. The van der Waals surface area contributed by atoms with Crippen molar-refractivity contribution in [3.05, 3.63) is 64.5 Å². The van der Waals surface area contributed by atoms with Crippen LogP contribution in [0.25, 0.3) is 11.4 Å². The summed E-state index contributed by atoms with van der Waals surface area (Å²) < 4.78 is 33.0. The van der Waals surface area contributed by atoms with Crippen LogP contribution in [0.4, 0.5) is 14.5 Å². The van der Waals surface area contributed by atoms with Crippen LogP contribution >= 0.6 is 15.9 Å². The van der Waals surface area contributed by atoms with Gasteiger partial charge in [-0.3, -0.25) is 14.6 Å². The minimum atomic E-state index is -1.17. The van der Waals surface area contributed by atoms with E-state index < -0.39 is 35.5 Å². The molecule has 3 heterocycles. The zero-order chi connectivity index (χ0) is 21.7. The Bertz CT molecular complexity index is 1230. The van der Waals surface area contributed by atoms with Crippen LogP contribution in [0.2, 0.25) is 0 Å². The van der Waals surface area contributed by atoms with Crippen LogP contribution in [-0.4, -0.2) is 39.0 Å². The van der Waals surface area contributed by atoms with Gasteiger partial charge in [0.15, 0.2) is 23.7 Å². The van der Waals surface area contributed by atoms with Crippen molar-refractivity contribution in [3.8, 4) is 11.4 Å². The number of hydrogen-bond acceptors (Lipinski definition) is 8.